The molecular weight excluding hydrogens is 240 g/mol. The summed E-state index contributed by atoms with van der Waals surface area (Å²) in [5, 5.41) is 3.35. The summed E-state index contributed by atoms with van der Waals surface area (Å²) in [5.41, 5.74) is 0.674. The average molecular weight is 258 g/mol. The summed E-state index contributed by atoms with van der Waals surface area (Å²) >= 11 is 0. The van der Waals surface area contributed by atoms with E-state index in [1.807, 2.05) is 18.2 Å². The highest BCUT2D eigenvalue weighted by Crippen LogP contribution is 2.25. The van der Waals surface area contributed by atoms with Crippen molar-refractivity contribution in [1.82, 2.24) is 5.32 Å². The van der Waals surface area contributed by atoms with Gasteiger partial charge in [-0.25, -0.2) is 4.90 Å². The fraction of sp³-hybridized carbons (Fsp3) is 0.467. The minimum atomic E-state index is -0.337. The van der Waals surface area contributed by atoms with Gasteiger partial charge in [0.25, 0.3) is 5.91 Å². The molecule has 2 amide bonds. The smallest absolute Gasteiger partial charge is 0.251 e. The van der Waals surface area contributed by atoms with Crippen LogP contribution in [-0.4, -0.2) is 23.9 Å². The Bertz CT molecular complexity index is 480. The molecule has 0 unspecified atom stereocenters. The number of nitrogens with one attached hydrogen (secondary N) is 1. The highest BCUT2D eigenvalue weighted by molar-refractivity contribution is 6.22. The van der Waals surface area contributed by atoms with E-state index >= 15 is 0 Å². The number of rotatable bonds is 3. The van der Waals surface area contributed by atoms with E-state index < -0.39 is 0 Å². The second-order valence-electron chi connectivity index (χ2n) is 5.31. The summed E-state index contributed by atoms with van der Waals surface area (Å²) in [6.07, 6.45) is 4.95. The highest BCUT2D eigenvalue weighted by atomic mass is 16.2. The first kappa shape index (κ1) is 12.4. The Labute approximate surface area is 112 Å². The van der Waals surface area contributed by atoms with Gasteiger partial charge in [-0.05, 0) is 25.0 Å². The molecule has 1 N–H and O–H groups in total. The number of carbonyl (C=O) groups excluding carboxylic acids is 2. The number of hydrogen-bond acceptors (Lipinski definition) is 3. The summed E-state index contributed by atoms with van der Waals surface area (Å²) in [6, 6.07) is 9.22. The lowest BCUT2D eigenvalue weighted by atomic mass is 10.2. The van der Waals surface area contributed by atoms with E-state index in [1.54, 1.807) is 12.1 Å². The monoisotopic (exact) mass is 258 g/mol. The van der Waals surface area contributed by atoms with Crippen LogP contribution in [-0.2, 0) is 9.59 Å². The Morgan fingerprint density at radius 1 is 1.05 bits per heavy atom. The topological polar surface area (TPSA) is 49.4 Å². The van der Waals surface area contributed by atoms with Crippen LogP contribution in [0.15, 0.2) is 30.3 Å². The molecule has 4 nitrogen and oxygen atoms in total. The molecule has 100 valence electrons. The number of anilines is 1. The Hall–Kier alpha value is -1.68. The third-order valence-corrected chi connectivity index (χ3v) is 3.95. The summed E-state index contributed by atoms with van der Waals surface area (Å²) in [5.74, 6) is -0.213. The van der Waals surface area contributed by atoms with Crippen molar-refractivity contribution in [2.45, 2.75) is 44.2 Å². The second kappa shape index (κ2) is 5.13. The first-order valence-electron chi connectivity index (χ1n) is 6.93. The average Bonchev–Trinajstić information content (AvgIpc) is 3.01. The van der Waals surface area contributed by atoms with Crippen LogP contribution in [0.1, 0.15) is 32.1 Å². The summed E-state index contributed by atoms with van der Waals surface area (Å²) in [6.45, 7) is 0. The zero-order chi connectivity index (χ0) is 13.2. The lowest BCUT2D eigenvalue weighted by molar-refractivity contribution is -0.121. The number of carbonyl (C=O) groups is 2. The SMILES string of the molecule is O=C1C[C@H](NC2CCCC2)C(=O)N1c1ccccc1. The van der Waals surface area contributed by atoms with E-state index in [2.05, 4.69) is 5.32 Å². The molecular formula is C15H18N2O2. The van der Waals surface area contributed by atoms with Crippen LogP contribution in [0.3, 0.4) is 0 Å². The third-order valence-electron chi connectivity index (χ3n) is 3.95. The van der Waals surface area contributed by atoms with E-state index in [0.717, 1.165) is 12.8 Å². The van der Waals surface area contributed by atoms with Crippen LogP contribution < -0.4 is 10.2 Å². The molecule has 1 aromatic rings. The first-order valence-corrected chi connectivity index (χ1v) is 6.93. The van der Waals surface area contributed by atoms with Gasteiger partial charge in [-0.2, -0.15) is 0 Å². The molecule has 0 bridgehead atoms. The minimum Gasteiger partial charge on any atom is -0.303 e. The number of imide groups is 1. The Morgan fingerprint density at radius 2 is 1.74 bits per heavy atom. The summed E-state index contributed by atoms with van der Waals surface area (Å²) in [7, 11) is 0. The van der Waals surface area contributed by atoms with Crippen LogP contribution in [0, 0.1) is 0 Å². The minimum absolute atomic E-state index is 0.105. The van der Waals surface area contributed by atoms with E-state index in [-0.39, 0.29) is 24.3 Å². The molecule has 19 heavy (non-hydrogen) atoms. The lowest BCUT2D eigenvalue weighted by Crippen LogP contribution is -2.42. The van der Waals surface area contributed by atoms with Gasteiger partial charge in [0, 0.05) is 6.04 Å². The van der Waals surface area contributed by atoms with Gasteiger partial charge >= 0.3 is 0 Å². The Kier molecular flexibility index (Phi) is 3.34. The van der Waals surface area contributed by atoms with Crippen LogP contribution >= 0.6 is 0 Å². The molecule has 2 fully saturated rings. The molecule has 4 heteroatoms. The van der Waals surface area contributed by atoms with Gasteiger partial charge in [0.05, 0.1) is 18.2 Å². The Morgan fingerprint density at radius 3 is 2.42 bits per heavy atom. The maximum Gasteiger partial charge on any atom is 0.251 e. The van der Waals surface area contributed by atoms with Crippen molar-refractivity contribution in [2.75, 3.05) is 4.90 Å². The van der Waals surface area contributed by atoms with Gasteiger partial charge in [-0.15, -0.1) is 0 Å². The number of benzene rings is 1. The van der Waals surface area contributed by atoms with Gasteiger partial charge in [-0.3, -0.25) is 9.59 Å². The second-order valence-corrected chi connectivity index (χ2v) is 5.31. The maximum absolute atomic E-state index is 12.3. The van der Waals surface area contributed by atoms with Crippen LogP contribution in [0.5, 0.6) is 0 Å². The van der Waals surface area contributed by atoms with Gasteiger partial charge < -0.3 is 5.32 Å². The molecule has 1 aliphatic heterocycles. The molecule has 2 aliphatic rings. The molecule has 3 rings (SSSR count). The standard InChI is InChI=1S/C15H18N2O2/c18-14-10-13(16-11-6-4-5-7-11)15(19)17(14)12-8-2-1-3-9-12/h1-3,8-9,11,13,16H,4-7,10H2/t13-/m0/s1. The van der Waals surface area contributed by atoms with Crippen molar-refractivity contribution in [3.8, 4) is 0 Å². The molecule has 1 saturated heterocycles. The first-order chi connectivity index (χ1) is 9.25. The number of amides is 2. The molecule has 0 radical (unpaired) electrons. The van der Waals surface area contributed by atoms with Crippen molar-refractivity contribution >= 4 is 17.5 Å². The van der Waals surface area contributed by atoms with Gasteiger partial charge in [-0.1, -0.05) is 31.0 Å². The van der Waals surface area contributed by atoms with Crippen molar-refractivity contribution in [3.05, 3.63) is 30.3 Å². The van der Waals surface area contributed by atoms with Crippen molar-refractivity contribution in [2.24, 2.45) is 0 Å². The largest absolute Gasteiger partial charge is 0.303 e. The number of hydrogen-bond donors (Lipinski definition) is 1. The van der Waals surface area contributed by atoms with E-state index in [1.165, 1.54) is 17.7 Å². The summed E-state index contributed by atoms with van der Waals surface area (Å²) < 4.78 is 0. The zero-order valence-corrected chi connectivity index (χ0v) is 10.8. The molecule has 0 spiro atoms. The predicted octanol–water partition coefficient (Wildman–Crippen LogP) is 1.85. The van der Waals surface area contributed by atoms with Crippen LogP contribution in [0.25, 0.3) is 0 Å². The Balaban J connectivity index is 1.74. The number of nitrogens with zero attached hydrogens (tertiary/aromatic N) is 1. The fourth-order valence-corrected chi connectivity index (χ4v) is 2.99. The molecule has 1 aromatic carbocycles. The van der Waals surface area contributed by atoms with Gasteiger partial charge in [0.1, 0.15) is 0 Å². The molecule has 1 atom stereocenters. The third kappa shape index (κ3) is 2.40. The fourth-order valence-electron chi connectivity index (χ4n) is 2.99. The molecule has 1 aliphatic carbocycles. The van der Waals surface area contributed by atoms with E-state index in [0.29, 0.717) is 11.7 Å². The quantitative estimate of drug-likeness (QED) is 0.842. The van der Waals surface area contributed by atoms with Gasteiger partial charge in [0.2, 0.25) is 5.91 Å². The van der Waals surface area contributed by atoms with Crippen molar-refractivity contribution in [1.29, 1.82) is 0 Å². The lowest BCUT2D eigenvalue weighted by Gasteiger charge is -2.18. The molecule has 1 heterocycles. The highest BCUT2D eigenvalue weighted by Gasteiger charge is 2.40. The number of para-hydroxylation sites is 1. The summed E-state index contributed by atoms with van der Waals surface area (Å²) in [4.78, 5) is 25.7. The molecule has 0 aromatic heterocycles. The van der Waals surface area contributed by atoms with Crippen LogP contribution in [0.4, 0.5) is 5.69 Å². The zero-order valence-electron chi connectivity index (χ0n) is 10.8. The van der Waals surface area contributed by atoms with Gasteiger partial charge in [0.15, 0.2) is 0 Å². The maximum atomic E-state index is 12.3. The molecule has 1 saturated carbocycles. The predicted molar refractivity (Wildman–Crippen MR) is 72.7 cm³/mol. The van der Waals surface area contributed by atoms with Crippen LogP contribution in [0.2, 0.25) is 0 Å². The van der Waals surface area contributed by atoms with Crippen molar-refractivity contribution in [3.63, 3.8) is 0 Å². The van der Waals surface area contributed by atoms with E-state index in [4.69, 9.17) is 0 Å². The normalized spacial score (nSPS) is 24.4. The van der Waals surface area contributed by atoms with E-state index in [9.17, 15) is 9.59 Å². The van der Waals surface area contributed by atoms with Crippen molar-refractivity contribution < 1.29 is 9.59 Å².